The fourth-order valence-electron chi connectivity index (χ4n) is 2.04. The van der Waals surface area contributed by atoms with Gasteiger partial charge in [0.25, 0.3) is 5.91 Å². The molecule has 1 heterocycles. The molecule has 0 aliphatic carbocycles. The molecule has 9 heteroatoms. The summed E-state index contributed by atoms with van der Waals surface area (Å²) in [5.41, 5.74) is 0.332. The molecule has 1 amide bonds. The molecule has 2 rings (SSSR count). The normalized spacial score (nSPS) is 10.9. The van der Waals surface area contributed by atoms with Gasteiger partial charge in [0.1, 0.15) is 0 Å². The van der Waals surface area contributed by atoms with Crippen molar-refractivity contribution in [2.75, 3.05) is 20.1 Å². The maximum Gasteiger partial charge on any atom is 0.251 e. The van der Waals surface area contributed by atoms with Crippen LogP contribution in [-0.4, -0.2) is 34.5 Å². The lowest BCUT2D eigenvalue weighted by Crippen LogP contribution is -2.27. The van der Waals surface area contributed by atoms with Crippen molar-refractivity contribution in [2.45, 2.75) is 17.9 Å². The van der Waals surface area contributed by atoms with E-state index in [1.807, 2.05) is 24.6 Å². The summed E-state index contributed by atoms with van der Waals surface area (Å²) in [6, 6.07) is 9.78. The Labute approximate surface area is 158 Å². The average molecular weight is 404 g/mol. The highest BCUT2D eigenvalue weighted by atomic mass is 35.5. The zero-order valence-corrected chi connectivity index (χ0v) is 16.3. The van der Waals surface area contributed by atoms with E-state index in [0.29, 0.717) is 12.1 Å². The predicted molar refractivity (Wildman–Crippen MR) is 103 cm³/mol. The van der Waals surface area contributed by atoms with Gasteiger partial charge in [-0.25, -0.2) is 13.1 Å². The Morgan fingerprint density at radius 3 is 2.64 bits per heavy atom. The number of thiophene rings is 1. The smallest absolute Gasteiger partial charge is 0.251 e. The molecule has 0 aliphatic rings. The van der Waals surface area contributed by atoms with Crippen molar-refractivity contribution >= 4 is 39.7 Å². The third-order valence-electron chi connectivity index (χ3n) is 3.31. The summed E-state index contributed by atoms with van der Waals surface area (Å²) in [6.45, 7) is 1.58. The third-order valence-corrected chi connectivity index (χ3v) is 5.59. The third kappa shape index (κ3) is 6.75. The summed E-state index contributed by atoms with van der Waals surface area (Å²) in [7, 11) is -1.81. The zero-order valence-electron chi connectivity index (χ0n) is 13.8. The topological polar surface area (TPSA) is 87.3 Å². The summed E-state index contributed by atoms with van der Waals surface area (Å²) in [5.74, 6) is -0.276. The van der Waals surface area contributed by atoms with Crippen LogP contribution in [0.4, 0.5) is 0 Å². The highest BCUT2D eigenvalue weighted by Crippen LogP contribution is 2.14. The molecule has 6 nitrogen and oxygen atoms in total. The molecule has 0 bridgehead atoms. The van der Waals surface area contributed by atoms with Crippen LogP contribution in [0.2, 0.25) is 0 Å². The number of amides is 1. The van der Waals surface area contributed by atoms with Gasteiger partial charge in [0, 0.05) is 23.5 Å². The van der Waals surface area contributed by atoms with E-state index in [1.165, 1.54) is 23.5 Å². The van der Waals surface area contributed by atoms with E-state index in [4.69, 9.17) is 0 Å². The van der Waals surface area contributed by atoms with E-state index in [9.17, 15) is 13.2 Å². The van der Waals surface area contributed by atoms with Crippen molar-refractivity contribution in [1.82, 2.24) is 15.4 Å². The molecule has 3 N–H and O–H groups in total. The second-order valence-corrected chi connectivity index (χ2v) is 7.94. The fourth-order valence-corrected chi connectivity index (χ4v) is 3.82. The highest BCUT2D eigenvalue weighted by molar-refractivity contribution is 7.89. The number of hydrogen-bond acceptors (Lipinski definition) is 5. The zero-order chi connectivity index (χ0) is 17.4. The lowest BCUT2D eigenvalue weighted by molar-refractivity contribution is 0.0953. The van der Waals surface area contributed by atoms with Crippen molar-refractivity contribution < 1.29 is 13.2 Å². The SMILES string of the molecule is CNCCCNC(=O)c1cccc(S(=O)(=O)NCc2cccs2)c1.Cl. The molecule has 0 aliphatic heterocycles. The minimum atomic E-state index is -3.65. The number of halogens is 1. The molecular formula is C16H22ClN3O3S2. The molecular weight excluding hydrogens is 382 g/mol. The lowest BCUT2D eigenvalue weighted by atomic mass is 10.2. The van der Waals surface area contributed by atoms with Gasteiger partial charge in [-0.2, -0.15) is 0 Å². The Balaban J connectivity index is 0.00000312. The maximum absolute atomic E-state index is 12.4. The number of benzene rings is 1. The van der Waals surface area contributed by atoms with Crippen LogP contribution in [-0.2, 0) is 16.6 Å². The Kier molecular flexibility index (Phi) is 9.09. The van der Waals surface area contributed by atoms with Gasteiger partial charge in [-0.3, -0.25) is 4.79 Å². The minimum Gasteiger partial charge on any atom is -0.352 e. The second kappa shape index (κ2) is 10.5. The first-order chi connectivity index (χ1) is 11.5. The van der Waals surface area contributed by atoms with Crippen molar-refractivity contribution in [3.63, 3.8) is 0 Å². The van der Waals surface area contributed by atoms with Crippen LogP contribution in [0.3, 0.4) is 0 Å². The predicted octanol–water partition coefficient (Wildman–Crippen LogP) is 1.99. The molecule has 2 aromatic rings. The number of rotatable bonds is 9. The lowest BCUT2D eigenvalue weighted by Gasteiger charge is -2.08. The highest BCUT2D eigenvalue weighted by Gasteiger charge is 2.16. The van der Waals surface area contributed by atoms with Crippen molar-refractivity contribution in [2.24, 2.45) is 0 Å². The van der Waals surface area contributed by atoms with Crippen LogP contribution in [0.5, 0.6) is 0 Å². The summed E-state index contributed by atoms with van der Waals surface area (Å²) in [6.07, 6.45) is 0.808. The van der Waals surface area contributed by atoms with Crippen molar-refractivity contribution in [3.8, 4) is 0 Å². The molecule has 0 fully saturated rings. The summed E-state index contributed by atoms with van der Waals surface area (Å²) < 4.78 is 27.3. The molecule has 0 saturated heterocycles. The van der Waals surface area contributed by atoms with Crippen LogP contribution in [0.25, 0.3) is 0 Å². The van der Waals surface area contributed by atoms with E-state index in [0.717, 1.165) is 17.8 Å². The van der Waals surface area contributed by atoms with Gasteiger partial charge in [0.2, 0.25) is 10.0 Å². The van der Waals surface area contributed by atoms with Gasteiger partial charge < -0.3 is 10.6 Å². The largest absolute Gasteiger partial charge is 0.352 e. The van der Waals surface area contributed by atoms with Gasteiger partial charge in [0.05, 0.1) is 4.90 Å². The Morgan fingerprint density at radius 1 is 1.16 bits per heavy atom. The van der Waals surface area contributed by atoms with E-state index in [2.05, 4.69) is 15.4 Å². The Morgan fingerprint density at radius 2 is 1.96 bits per heavy atom. The van der Waals surface area contributed by atoms with Crippen LogP contribution >= 0.6 is 23.7 Å². The number of carbonyl (C=O) groups excluding carboxylic acids is 1. The van der Waals surface area contributed by atoms with Crippen molar-refractivity contribution in [3.05, 3.63) is 52.2 Å². The minimum absolute atomic E-state index is 0. The fraction of sp³-hybridized carbons (Fsp3) is 0.312. The molecule has 0 spiro atoms. The molecule has 1 aromatic carbocycles. The van der Waals surface area contributed by atoms with E-state index < -0.39 is 10.0 Å². The van der Waals surface area contributed by atoms with Gasteiger partial charge in [0.15, 0.2) is 0 Å². The molecule has 0 saturated carbocycles. The summed E-state index contributed by atoms with van der Waals surface area (Å²) in [5, 5.41) is 7.66. The van der Waals surface area contributed by atoms with E-state index in [-0.39, 0.29) is 29.8 Å². The van der Waals surface area contributed by atoms with Gasteiger partial charge >= 0.3 is 0 Å². The molecule has 0 atom stereocenters. The first-order valence-electron chi connectivity index (χ1n) is 7.58. The molecule has 138 valence electrons. The van der Waals surface area contributed by atoms with E-state index >= 15 is 0 Å². The van der Waals surface area contributed by atoms with Crippen LogP contribution in [0.15, 0.2) is 46.7 Å². The maximum atomic E-state index is 12.4. The number of sulfonamides is 1. The first-order valence-corrected chi connectivity index (χ1v) is 9.94. The standard InChI is InChI=1S/C16H21N3O3S2.ClH/c1-17-8-4-9-18-16(20)13-5-2-7-15(11-13)24(21,22)19-12-14-6-3-10-23-14;/h2-3,5-7,10-11,17,19H,4,8-9,12H2,1H3,(H,18,20);1H. The number of nitrogens with one attached hydrogen (secondary N) is 3. The average Bonchev–Trinajstić information content (AvgIpc) is 3.10. The molecule has 25 heavy (non-hydrogen) atoms. The molecule has 0 unspecified atom stereocenters. The first kappa shape index (κ1) is 21.6. The van der Waals surface area contributed by atoms with Crippen molar-refractivity contribution in [1.29, 1.82) is 0 Å². The van der Waals surface area contributed by atoms with Gasteiger partial charge in [-0.15, -0.1) is 23.7 Å². The monoisotopic (exact) mass is 403 g/mol. The number of hydrogen-bond donors (Lipinski definition) is 3. The summed E-state index contributed by atoms with van der Waals surface area (Å²) in [4.78, 5) is 13.1. The second-order valence-electron chi connectivity index (χ2n) is 5.14. The van der Waals surface area contributed by atoms with Crippen LogP contribution in [0.1, 0.15) is 21.7 Å². The number of carbonyl (C=O) groups is 1. The van der Waals surface area contributed by atoms with Gasteiger partial charge in [-0.05, 0) is 49.7 Å². The van der Waals surface area contributed by atoms with Crippen LogP contribution < -0.4 is 15.4 Å². The Bertz CT molecular complexity index is 765. The van der Waals surface area contributed by atoms with Crippen LogP contribution in [0, 0.1) is 0 Å². The van der Waals surface area contributed by atoms with E-state index in [1.54, 1.807) is 12.1 Å². The summed E-state index contributed by atoms with van der Waals surface area (Å²) >= 11 is 1.48. The van der Waals surface area contributed by atoms with Gasteiger partial charge in [-0.1, -0.05) is 12.1 Å². The molecule has 1 aromatic heterocycles. The molecule has 0 radical (unpaired) electrons. The quantitative estimate of drug-likeness (QED) is 0.559. The Hall–Kier alpha value is -1.45.